The molecule has 0 radical (unpaired) electrons. The van der Waals surface area contributed by atoms with Crippen molar-refractivity contribution in [2.24, 2.45) is 4.99 Å². The molecule has 0 unspecified atom stereocenters. The molecule has 1 fully saturated rings. The lowest BCUT2D eigenvalue weighted by molar-refractivity contribution is -0.115. The number of nitrogens with zero attached hydrogens (tertiary/aromatic N) is 2. The zero-order valence-electron chi connectivity index (χ0n) is 16.6. The van der Waals surface area contributed by atoms with E-state index in [0.29, 0.717) is 23.7 Å². The molecule has 0 heterocycles. The van der Waals surface area contributed by atoms with Crippen molar-refractivity contribution in [3.05, 3.63) is 35.9 Å². The SMILES string of the molecule is CCOc1cc(OC2CCC(NC(=O)C(/C=C\C(=N)Cl)=NC)CC2)ccc1C#N. The number of allylic oxidation sites excluding steroid dienone is 1. The van der Waals surface area contributed by atoms with Crippen LogP contribution in [0, 0.1) is 16.7 Å². The zero-order valence-corrected chi connectivity index (χ0v) is 17.3. The smallest absolute Gasteiger partial charge is 0.269 e. The summed E-state index contributed by atoms with van der Waals surface area (Å²) in [5.74, 6) is 0.923. The summed E-state index contributed by atoms with van der Waals surface area (Å²) in [4.78, 5) is 16.2. The van der Waals surface area contributed by atoms with E-state index in [1.807, 2.05) is 6.92 Å². The number of benzene rings is 1. The number of nitriles is 1. The van der Waals surface area contributed by atoms with Gasteiger partial charge in [-0.05, 0) is 56.9 Å². The van der Waals surface area contributed by atoms with Crippen LogP contribution in [0.5, 0.6) is 11.5 Å². The van der Waals surface area contributed by atoms with Gasteiger partial charge in [-0.15, -0.1) is 0 Å². The summed E-state index contributed by atoms with van der Waals surface area (Å²) >= 11 is 5.47. The number of hydrogen-bond donors (Lipinski definition) is 2. The molecule has 2 rings (SSSR count). The molecule has 1 saturated carbocycles. The van der Waals surface area contributed by atoms with Crippen molar-refractivity contribution in [3.63, 3.8) is 0 Å². The average molecular weight is 417 g/mol. The van der Waals surface area contributed by atoms with E-state index in [2.05, 4.69) is 16.4 Å². The number of halogens is 1. The highest BCUT2D eigenvalue weighted by Gasteiger charge is 2.24. The molecule has 1 aromatic rings. The molecule has 7 nitrogen and oxygen atoms in total. The summed E-state index contributed by atoms with van der Waals surface area (Å²) in [5, 5.41) is 19.1. The molecule has 8 heteroatoms. The van der Waals surface area contributed by atoms with Gasteiger partial charge in [0.1, 0.15) is 28.5 Å². The summed E-state index contributed by atoms with van der Waals surface area (Å²) in [6.45, 7) is 2.35. The molecule has 0 aliphatic heterocycles. The molecule has 0 saturated heterocycles. The Hall–Kier alpha value is -2.85. The van der Waals surface area contributed by atoms with Crippen LogP contribution in [0.4, 0.5) is 0 Å². The predicted octanol–water partition coefficient (Wildman–Crippen LogP) is 3.61. The van der Waals surface area contributed by atoms with E-state index in [9.17, 15) is 4.79 Å². The van der Waals surface area contributed by atoms with Gasteiger partial charge < -0.3 is 14.8 Å². The molecule has 0 bridgehead atoms. The lowest BCUT2D eigenvalue weighted by atomic mass is 9.92. The van der Waals surface area contributed by atoms with Gasteiger partial charge in [0, 0.05) is 19.2 Å². The molecular weight excluding hydrogens is 392 g/mol. The van der Waals surface area contributed by atoms with Crippen molar-refractivity contribution in [2.45, 2.75) is 44.8 Å². The molecule has 1 aliphatic carbocycles. The number of aliphatic imine (C=N–C) groups is 1. The number of hydrogen-bond acceptors (Lipinski definition) is 6. The van der Waals surface area contributed by atoms with Crippen molar-refractivity contribution in [1.82, 2.24) is 5.32 Å². The maximum absolute atomic E-state index is 12.3. The fourth-order valence-corrected chi connectivity index (χ4v) is 3.19. The Kier molecular flexibility index (Phi) is 8.68. The predicted molar refractivity (Wildman–Crippen MR) is 113 cm³/mol. The van der Waals surface area contributed by atoms with Crippen LogP contribution in [-0.2, 0) is 4.79 Å². The first-order valence-electron chi connectivity index (χ1n) is 9.50. The van der Waals surface area contributed by atoms with Crippen LogP contribution in [0.15, 0.2) is 35.3 Å². The average Bonchev–Trinajstić information content (AvgIpc) is 2.70. The van der Waals surface area contributed by atoms with E-state index < -0.39 is 0 Å². The minimum Gasteiger partial charge on any atom is -0.492 e. The van der Waals surface area contributed by atoms with Crippen LogP contribution in [0.3, 0.4) is 0 Å². The second-order valence-electron chi connectivity index (χ2n) is 6.56. The molecular formula is C21H25ClN4O3. The van der Waals surface area contributed by atoms with E-state index in [4.69, 9.17) is 31.7 Å². The molecule has 2 N–H and O–H groups in total. The van der Waals surface area contributed by atoms with Gasteiger partial charge in [0.05, 0.1) is 18.3 Å². The monoisotopic (exact) mass is 416 g/mol. The van der Waals surface area contributed by atoms with E-state index in [1.54, 1.807) is 18.2 Å². The minimum absolute atomic E-state index is 0.0430. The van der Waals surface area contributed by atoms with Gasteiger partial charge in [0.25, 0.3) is 5.91 Å². The third-order valence-corrected chi connectivity index (χ3v) is 4.67. The van der Waals surface area contributed by atoms with Crippen LogP contribution in [0.25, 0.3) is 0 Å². The molecule has 0 atom stereocenters. The number of rotatable bonds is 8. The maximum atomic E-state index is 12.3. The van der Waals surface area contributed by atoms with Crippen LogP contribution in [-0.4, -0.2) is 42.6 Å². The van der Waals surface area contributed by atoms with E-state index in [1.165, 1.54) is 19.2 Å². The number of carbonyl (C=O) groups excluding carboxylic acids is 1. The number of carbonyl (C=O) groups is 1. The van der Waals surface area contributed by atoms with E-state index in [0.717, 1.165) is 25.7 Å². The van der Waals surface area contributed by atoms with E-state index >= 15 is 0 Å². The Morgan fingerprint density at radius 3 is 2.69 bits per heavy atom. The number of amides is 1. The Morgan fingerprint density at radius 2 is 2.10 bits per heavy atom. The molecule has 0 aromatic heterocycles. The summed E-state index contributed by atoms with van der Waals surface area (Å²) < 4.78 is 11.6. The van der Waals surface area contributed by atoms with Crippen LogP contribution in [0.1, 0.15) is 38.2 Å². The quantitative estimate of drug-likeness (QED) is 0.631. The minimum atomic E-state index is -0.278. The molecule has 1 amide bonds. The second kappa shape index (κ2) is 11.2. The van der Waals surface area contributed by atoms with Crippen molar-refractivity contribution < 1.29 is 14.3 Å². The molecule has 0 spiro atoms. The number of ether oxygens (including phenoxy) is 2. The van der Waals surface area contributed by atoms with Gasteiger partial charge in [-0.2, -0.15) is 5.26 Å². The highest BCUT2D eigenvalue weighted by molar-refractivity contribution is 6.67. The number of nitrogens with one attached hydrogen (secondary N) is 2. The fraction of sp³-hybridized carbons (Fsp3) is 0.429. The first kappa shape index (κ1) is 22.4. The second-order valence-corrected chi connectivity index (χ2v) is 6.97. The highest BCUT2D eigenvalue weighted by Crippen LogP contribution is 2.28. The molecule has 29 heavy (non-hydrogen) atoms. The first-order chi connectivity index (χ1) is 14.0. The van der Waals surface area contributed by atoms with Gasteiger partial charge in [-0.25, -0.2) is 0 Å². The van der Waals surface area contributed by atoms with Gasteiger partial charge in [0.2, 0.25) is 0 Å². The topological polar surface area (TPSA) is 108 Å². The standard InChI is InChI=1S/C21H25ClN4O3/c1-3-28-19-12-17(7-4-14(19)13-23)29-16-8-5-15(6-9-16)26-21(27)18(25-2)10-11-20(22)24/h4,7,10-12,15-16,24H,3,5-6,8-9H2,1-2H3,(H,26,27)/b11-10-,24-20?,25-18?. The van der Waals surface area contributed by atoms with Gasteiger partial charge >= 0.3 is 0 Å². The van der Waals surface area contributed by atoms with Gasteiger partial charge in [-0.3, -0.25) is 15.2 Å². The molecule has 1 aromatic carbocycles. The van der Waals surface area contributed by atoms with Crippen LogP contribution >= 0.6 is 11.6 Å². The summed E-state index contributed by atoms with van der Waals surface area (Å²) in [7, 11) is 1.52. The molecule has 154 valence electrons. The lowest BCUT2D eigenvalue weighted by Gasteiger charge is -2.29. The summed E-state index contributed by atoms with van der Waals surface area (Å²) in [6, 6.07) is 7.38. The zero-order chi connectivity index (χ0) is 21.2. The Morgan fingerprint density at radius 1 is 1.38 bits per heavy atom. The third kappa shape index (κ3) is 6.91. The highest BCUT2D eigenvalue weighted by atomic mass is 35.5. The summed E-state index contributed by atoms with van der Waals surface area (Å²) in [5.41, 5.74) is 0.715. The Labute approximate surface area is 175 Å². The van der Waals surface area contributed by atoms with Crippen LogP contribution < -0.4 is 14.8 Å². The largest absolute Gasteiger partial charge is 0.492 e. The van der Waals surface area contributed by atoms with Crippen molar-refractivity contribution in [3.8, 4) is 17.6 Å². The third-order valence-electron chi connectivity index (χ3n) is 4.55. The summed E-state index contributed by atoms with van der Waals surface area (Å²) in [6.07, 6.45) is 5.98. The van der Waals surface area contributed by atoms with Gasteiger partial charge in [-0.1, -0.05) is 11.6 Å². The van der Waals surface area contributed by atoms with Crippen molar-refractivity contribution >= 4 is 28.4 Å². The Balaban J connectivity index is 1.88. The Bertz CT molecular complexity index is 837. The normalized spacial score (nSPS) is 19.4. The lowest BCUT2D eigenvalue weighted by Crippen LogP contribution is -2.42. The van der Waals surface area contributed by atoms with Crippen LogP contribution in [0.2, 0.25) is 0 Å². The van der Waals surface area contributed by atoms with Crippen molar-refractivity contribution in [2.75, 3.05) is 13.7 Å². The molecule has 1 aliphatic rings. The first-order valence-corrected chi connectivity index (χ1v) is 9.88. The maximum Gasteiger partial charge on any atom is 0.269 e. The van der Waals surface area contributed by atoms with Crippen molar-refractivity contribution in [1.29, 1.82) is 10.7 Å². The fourth-order valence-electron chi connectivity index (χ4n) is 3.12. The van der Waals surface area contributed by atoms with E-state index in [-0.39, 0.29) is 28.9 Å². The van der Waals surface area contributed by atoms with Gasteiger partial charge in [0.15, 0.2) is 0 Å².